The van der Waals surface area contributed by atoms with Gasteiger partial charge >= 0.3 is 12.1 Å². The molecule has 8 nitrogen and oxygen atoms in total. The lowest BCUT2D eigenvalue weighted by Crippen LogP contribution is -2.34. The summed E-state index contributed by atoms with van der Waals surface area (Å²) in [5, 5.41) is 2.34. The molecule has 0 aliphatic carbocycles. The van der Waals surface area contributed by atoms with Crippen molar-refractivity contribution in [1.29, 1.82) is 0 Å². The highest BCUT2D eigenvalue weighted by atomic mass is 19.4. The van der Waals surface area contributed by atoms with Crippen molar-refractivity contribution in [3.63, 3.8) is 0 Å². The Balaban J connectivity index is 1.22. The van der Waals surface area contributed by atoms with Crippen LogP contribution in [0.15, 0.2) is 53.5 Å². The Morgan fingerprint density at radius 2 is 1.80 bits per heavy atom. The van der Waals surface area contributed by atoms with Crippen molar-refractivity contribution in [1.82, 2.24) is 10.2 Å². The molecular weight excluding hydrogens is 525 g/mol. The number of carbonyl (C=O) groups excluding carboxylic acids is 3. The molecule has 2 atom stereocenters. The summed E-state index contributed by atoms with van der Waals surface area (Å²) in [6.07, 6.45) is 1.07. The molecule has 2 aromatic carbocycles. The number of anilines is 1. The number of nitrogens with one attached hydrogen (secondary N) is 1. The zero-order valence-corrected chi connectivity index (χ0v) is 22.3. The van der Waals surface area contributed by atoms with E-state index in [0.29, 0.717) is 11.6 Å². The molecule has 214 valence electrons. The van der Waals surface area contributed by atoms with Gasteiger partial charge in [0.1, 0.15) is 0 Å². The monoisotopic (exact) mass is 558 g/mol. The molecule has 0 bridgehead atoms. The normalized spacial score (nSPS) is 20.4. The Morgan fingerprint density at radius 1 is 1.02 bits per heavy atom. The second-order valence-corrected chi connectivity index (χ2v) is 10.1. The maximum absolute atomic E-state index is 12.9. The number of likely N-dealkylation sites (tertiary alicyclic amines) is 1. The Hall–Kier alpha value is -3.73. The molecule has 0 radical (unpaired) electrons. The topological polar surface area (TPSA) is 91.3 Å². The number of hydrogen-bond donors (Lipinski definition) is 1. The van der Waals surface area contributed by atoms with Crippen LogP contribution >= 0.6 is 0 Å². The molecule has 0 saturated carbocycles. The van der Waals surface area contributed by atoms with Gasteiger partial charge in [-0.15, -0.1) is 0 Å². The summed E-state index contributed by atoms with van der Waals surface area (Å²) in [5.74, 6) is -1.55. The van der Waals surface area contributed by atoms with Crippen molar-refractivity contribution < 1.29 is 32.3 Å². The fourth-order valence-electron chi connectivity index (χ4n) is 5.23. The van der Waals surface area contributed by atoms with Crippen LogP contribution in [0.5, 0.6) is 0 Å². The fourth-order valence-corrected chi connectivity index (χ4v) is 5.23. The van der Waals surface area contributed by atoms with Crippen LogP contribution in [-0.4, -0.2) is 74.8 Å². The average molecular weight is 559 g/mol. The zero-order chi connectivity index (χ0) is 28.7. The van der Waals surface area contributed by atoms with Crippen LogP contribution < -0.4 is 10.2 Å². The quantitative estimate of drug-likeness (QED) is 0.405. The second kappa shape index (κ2) is 13.1. The summed E-state index contributed by atoms with van der Waals surface area (Å²) in [4.78, 5) is 44.8. The van der Waals surface area contributed by atoms with E-state index >= 15 is 0 Å². The van der Waals surface area contributed by atoms with Crippen molar-refractivity contribution >= 4 is 29.7 Å². The molecule has 40 heavy (non-hydrogen) atoms. The lowest BCUT2D eigenvalue weighted by Gasteiger charge is -2.27. The van der Waals surface area contributed by atoms with E-state index in [1.54, 1.807) is 18.3 Å². The Bertz CT molecular complexity index is 1230. The molecule has 2 aromatic rings. The fraction of sp³-hybridized carbons (Fsp3) is 0.448. The Kier molecular flexibility index (Phi) is 9.57. The molecule has 2 saturated heterocycles. The van der Waals surface area contributed by atoms with E-state index in [1.807, 2.05) is 12.1 Å². The largest absolute Gasteiger partial charge is 0.465 e. The number of halogens is 3. The van der Waals surface area contributed by atoms with E-state index in [2.05, 4.69) is 20.1 Å². The van der Waals surface area contributed by atoms with Gasteiger partial charge in [-0.25, -0.2) is 9.79 Å². The number of carbonyl (C=O) groups is 3. The SMILES string of the molecule is COC(=O)c1ccc(N2CCCC(N3CCC(C=NC(=O)CNC(=O)c4cccc(C(F)(F)F)c4)C3)CC2)cc1. The van der Waals surface area contributed by atoms with Crippen LogP contribution in [-0.2, 0) is 15.7 Å². The summed E-state index contributed by atoms with van der Waals surface area (Å²) < 4.78 is 43.4. The van der Waals surface area contributed by atoms with Gasteiger partial charge in [0.15, 0.2) is 0 Å². The molecule has 4 rings (SSSR count). The summed E-state index contributed by atoms with van der Waals surface area (Å²) in [6.45, 7) is 3.16. The minimum absolute atomic E-state index is 0.119. The number of methoxy groups -OCH3 is 1. The van der Waals surface area contributed by atoms with Crippen molar-refractivity contribution in [2.24, 2.45) is 10.9 Å². The number of aliphatic imine (C=N–C) groups is 1. The Morgan fingerprint density at radius 3 is 2.52 bits per heavy atom. The highest BCUT2D eigenvalue weighted by Crippen LogP contribution is 2.29. The molecule has 2 fully saturated rings. The van der Waals surface area contributed by atoms with Crippen molar-refractivity contribution in [2.45, 2.75) is 37.9 Å². The van der Waals surface area contributed by atoms with Crippen LogP contribution in [0.3, 0.4) is 0 Å². The molecule has 0 spiro atoms. The van der Waals surface area contributed by atoms with Gasteiger partial charge in [0.05, 0.1) is 24.8 Å². The molecule has 11 heteroatoms. The number of hydrogen-bond acceptors (Lipinski definition) is 6. The molecule has 0 aromatic heterocycles. The van der Waals surface area contributed by atoms with Crippen molar-refractivity contribution in [3.8, 4) is 0 Å². The number of rotatable bonds is 7. The van der Waals surface area contributed by atoms with Gasteiger partial charge < -0.3 is 15.0 Å². The first-order valence-corrected chi connectivity index (χ1v) is 13.3. The number of nitrogens with zero attached hydrogens (tertiary/aromatic N) is 3. The molecule has 1 N–H and O–H groups in total. The van der Waals surface area contributed by atoms with Gasteiger partial charge in [0.25, 0.3) is 11.8 Å². The third kappa shape index (κ3) is 7.68. The molecular formula is C29H33F3N4O4. The average Bonchev–Trinajstić information content (AvgIpc) is 3.30. The minimum Gasteiger partial charge on any atom is -0.465 e. The predicted molar refractivity (Wildman–Crippen MR) is 145 cm³/mol. The second-order valence-electron chi connectivity index (χ2n) is 10.1. The third-order valence-electron chi connectivity index (χ3n) is 7.41. The van der Waals surface area contributed by atoms with Gasteiger partial charge in [-0.1, -0.05) is 6.07 Å². The van der Waals surface area contributed by atoms with E-state index in [4.69, 9.17) is 4.74 Å². The summed E-state index contributed by atoms with van der Waals surface area (Å²) in [6, 6.07) is 12.0. The molecule has 2 aliphatic rings. The maximum atomic E-state index is 12.9. The lowest BCUT2D eigenvalue weighted by molar-refractivity contribution is -0.137. The smallest absolute Gasteiger partial charge is 0.416 e. The summed E-state index contributed by atoms with van der Waals surface area (Å²) in [5.41, 5.74) is 0.517. The third-order valence-corrected chi connectivity index (χ3v) is 7.41. The number of esters is 1. The highest BCUT2D eigenvalue weighted by Gasteiger charge is 2.31. The molecule has 2 unspecified atom stereocenters. The summed E-state index contributed by atoms with van der Waals surface area (Å²) >= 11 is 0. The van der Waals surface area contributed by atoms with E-state index in [1.165, 1.54) is 13.2 Å². The van der Waals surface area contributed by atoms with E-state index < -0.39 is 23.6 Å². The van der Waals surface area contributed by atoms with E-state index in [9.17, 15) is 27.6 Å². The van der Waals surface area contributed by atoms with Crippen LogP contribution in [0.4, 0.5) is 18.9 Å². The number of alkyl halides is 3. The van der Waals surface area contributed by atoms with Gasteiger partial charge in [-0.3, -0.25) is 14.5 Å². The summed E-state index contributed by atoms with van der Waals surface area (Å²) in [7, 11) is 1.37. The van der Waals surface area contributed by atoms with Crippen LogP contribution in [0, 0.1) is 5.92 Å². The van der Waals surface area contributed by atoms with Gasteiger partial charge in [-0.05, 0) is 74.7 Å². The van der Waals surface area contributed by atoms with Gasteiger partial charge in [0.2, 0.25) is 0 Å². The number of amides is 2. The number of benzene rings is 2. The van der Waals surface area contributed by atoms with Gasteiger partial charge in [-0.2, -0.15) is 13.2 Å². The van der Waals surface area contributed by atoms with E-state index in [0.717, 1.165) is 75.7 Å². The standard InChI is InChI=1S/C29H33F3N4O4/c1-40-28(39)21-7-9-25(10-8-21)35-13-3-6-24(12-15-35)36-14-11-20(19-36)17-33-26(37)18-34-27(38)22-4-2-5-23(16-22)29(30,31)32/h2,4-5,7-10,16-17,20,24H,3,6,11-15,18-19H2,1H3,(H,34,38). The van der Waals surface area contributed by atoms with Crippen molar-refractivity contribution in [2.75, 3.05) is 44.7 Å². The first-order chi connectivity index (χ1) is 19.1. The lowest BCUT2D eigenvalue weighted by atomic mass is 10.1. The molecule has 2 heterocycles. The number of ether oxygens (including phenoxy) is 1. The Labute approximate surface area is 231 Å². The molecule has 2 aliphatic heterocycles. The maximum Gasteiger partial charge on any atom is 0.416 e. The van der Waals surface area contributed by atoms with Crippen LogP contribution in [0.2, 0.25) is 0 Å². The first-order valence-electron chi connectivity index (χ1n) is 13.3. The zero-order valence-electron chi connectivity index (χ0n) is 22.3. The minimum atomic E-state index is -4.55. The predicted octanol–water partition coefficient (Wildman–Crippen LogP) is 4.20. The van der Waals surface area contributed by atoms with Crippen molar-refractivity contribution in [3.05, 3.63) is 65.2 Å². The van der Waals surface area contributed by atoms with Gasteiger partial charge in [0, 0.05) is 49.1 Å². The highest BCUT2D eigenvalue weighted by molar-refractivity contribution is 5.97. The van der Waals surface area contributed by atoms with Crippen LogP contribution in [0.25, 0.3) is 0 Å². The van der Waals surface area contributed by atoms with Crippen LogP contribution in [0.1, 0.15) is 52.0 Å². The van der Waals surface area contributed by atoms with E-state index in [-0.39, 0.29) is 24.0 Å². The first kappa shape index (κ1) is 29.3. The molecule has 2 amide bonds.